The van der Waals surface area contributed by atoms with Crippen LogP contribution < -0.4 is 5.32 Å². The molecular weight excluding hydrogens is 246 g/mol. The van der Waals surface area contributed by atoms with Crippen molar-refractivity contribution in [1.29, 1.82) is 0 Å². The lowest BCUT2D eigenvalue weighted by atomic mass is 10.1. The van der Waals surface area contributed by atoms with Gasteiger partial charge < -0.3 is 15.2 Å². The molecule has 0 aliphatic heterocycles. The zero-order valence-corrected chi connectivity index (χ0v) is 10.8. The van der Waals surface area contributed by atoms with Crippen molar-refractivity contribution in [2.75, 3.05) is 7.11 Å². The number of methoxy groups -OCH3 is 1. The van der Waals surface area contributed by atoms with Crippen LogP contribution in [0.15, 0.2) is 24.3 Å². The van der Waals surface area contributed by atoms with Crippen LogP contribution in [0.2, 0.25) is 0 Å². The fourth-order valence-electron chi connectivity index (χ4n) is 1.95. The Labute approximate surface area is 111 Å². The third kappa shape index (κ3) is 3.54. The highest BCUT2D eigenvalue weighted by molar-refractivity contribution is 5.96. The lowest BCUT2D eigenvalue weighted by Gasteiger charge is -2.13. The maximum atomic E-state index is 12.0. The molecule has 0 spiro atoms. The Morgan fingerprint density at radius 1 is 1.37 bits per heavy atom. The van der Waals surface area contributed by atoms with Crippen LogP contribution in [0.1, 0.15) is 28.8 Å². The number of rotatable bonds is 6. The quantitative estimate of drug-likeness (QED) is 0.814. The van der Waals surface area contributed by atoms with E-state index >= 15 is 0 Å². The maximum Gasteiger partial charge on any atom is 0.326 e. The molecule has 2 rings (SSSR count). The van der Waals surface area contributed by atoms with E-state index in [2.05, 4.69) is 5.32 Å². The van der Waals surface area contributed by atoms with Crippen LogP contribution >= 0.6 is 0 Å². The molecular formula is C14H17NO4. The van der Waals surface area contributed by atoms with E-state index in [0.29, 0.717) is 12.2 Å². The molecule has 2 N–H and O–H groups in total. The molecule has 1 aliphatic rings. The smallest absolute Gasteiger partial charge is 0.326 e. The van der Waals surface area contributed by atoms with Crippen molar-refractivity contribution in [1.82, 2.24) is 5.32 Å². The number of nitrogens with one attached hydrogen (secondary N) is 1. The summed E-state index contributed by atoms with van der Waals surface area (Å²) in [5.41, 5.74) is 1.43. The van der Waals surface area contributed by atoms with Gasteiger partial charge in [0.15, 0.2) is 0 Å². The minimum atomic E-state index is -0.966. The first kappa shape index (κ1) is 13.5. The molecule has 5 heteroatoms. The van der Waals surface area contributed by atoms with Gasteiger partial charge in [0, 0.05) is 12.7 Å². The molecule has 0 radical (unpaired) electrons. The van der Waals surface area contributed by atoms with E-state index < -0.39 is 12.0 Å². The van der Waals surface area contributed by atoms with E-state index in [-0.39, 0.29) is 11.8 Å². The van der Waals surface area contributed by atoms with Gasteiger partial charge >= 0.3 is 5.97 Å². The number of carboxylic acid groups (broad SMARTS) is 1. The molecule has 0 heterocycles. The van der Waals surface area contributed by atoms with E-state index in [4.69, 9.17) is 9.84 Å². The second-order valence-electron chi connectivity index (χ2n) is 4.76. The fourth-order valence-corrected chi connectivity index (χ4v) is 1.95. The number of hydrogen-bond donors (Lipinski definition) is 2. The molecule has 1 fully saturated rings. The normalized spacial score (nSPS) is 15.8. The van der Waals surface area contributed by atoms with Gasteiger partial charge in [-0.25, -0.2) is 4.79 Å². The molecule has 1 atom stereocenters. The Kier molecular flexibility index (Phi) is 4.16. The van der Waals surface area contributed by atoms with Gasteiger partial charge in [-0.2, -0.15) is 0 Å². The Morgan fingerprint density at radius 2 is 2.00 bits per heavy atom. The maximum absolute atomic E-state index is 12.0. The summed E-state index contributed by atoms with van der Waals surface area (Å²) in [6, 6.07) is 6.17. The number of amides is 1. The average molecular weight is 263 g/mol. The van der Waals surface area contributed by atoms with Crippen LogP contribution in [-0.2, 0) is 16.1 Å². The zero-order valence-electron chi connectivity index (χ0n) is 10.8. The molecule has 0 aromatic heterocycles. The third-order valence-corrected chi connectivity index (χ3v) is 3.17. The molecule has 1 aromatic carbocycles. The Morgan fingerprint density at radius 3 is 2.47 bits per heavy atom. The molecule has 19 heavy (non-hydrogen) atoms. The molecule has 1 aliphatic carbocycles. The van der Waals surface area contributed by atoms with Gasteiger partial charge in [0.05, 0.1) is 6.61 Å². The second kappa shape index (κ2) is 5.84. The molecule has 102 valence electrons. The minimum Gasteiger partial charge on any atom is -0.480 e. The third-order valence-electron chi connectivity index (χ3n) is 3.17. The van der Waals surface area contributed by atoms with Gasteiger partial charge in [-0.15, -0.1) is 0 Å². The fraction of sp³-hybridized carbons (Fsp3) is 0.429. The van der Waals surface area contributed by atoms with Gasteiger partial charge in [0.25, 0.3) is 5.91 Å². The van der Waals surface area contributed by atoms with Crippen LogP contribution in [0.25, 0.3) is 0 Å². The van der Waals surface area contributed by atoms with Crippen molar-refractivity contribution >= 4 is 11.9 Å². The number of aliphatic carboxylic acids is 1. The van der Waals surface area contributed by atoms with Gasteiger partial charge in [-0.3, -0.25) is 4.79 Å². The standard InChI is InChI=1S/C14H17NO4/c1-19-8-9-2-4-11(5-3-9)13(16)15-12(14(17)18)10-6-7-10/h2-5,10,12H,6-8H2,1H3,(H,15,16)(H,17,18). The molecule has 1 amide bonds. The van der Waals surface area contributed by atoms with E-state index in [0.717, 1.165) is 18.4 Å². The monoisotopic (exact) mass is 263 g/mol. The first-order chi connectivity index (χ1) is 9.11. The van der Waals surface area contributed by atoms with Crippen LogP contribution in [0.4, 0.5) is 0 Å². The van der Waals surface area contributed by atoms with Gasteiger partial charge in [0.2, 0.25) is 0 Å². The number of carboxylic acids is 1. The molecule has 1 aromatic rings. The Bertz CT molecular complexity index is 465. The molecule has 0 bridgehead atoms. The summed E-state index contributed by atoms with van der Waals surface area (Å²) in [5, 5.41) is 11.6. The predicted octanol–water partition coefficient (Wildman–Crippen LogP) is 1.43. The number of carbonyl (C=O) groups is 2. The Hall–Kier alpha value is -1.88. The minimum absolute atomic E-state index is 0.0780. The van der Waals surface area contributed by atoms with Gasteiger partial charge in [-0.05, 0) is 36.5 Å². The largest absolute Gasteiger partial charge is 0.480 e. The molecule has 1 saturated carbocycles. The summed E-state index contributed by atoms with van der Waals surface area (Å²) >= 11 is 0. The lowest BCUT2D eigenvalue weighted by molar-refractivity contribution is -0.139. The van der Waals surface area contributed by atoms with E-state index in [1.807, 2.05) is 0 Å². The summed E-state index contributed by atoms with van der Waals surface area (Å²) in [7, 11) is 1.60. The van der Waals surface area contributed by atoms with E-state index in [1.54, 1.807) is 31.4 Å². The number of carbonyl (C=O) groups excluding carboxylic acids is 1. The van der Waals surface area contributed by atoms with Gasteiger partial charge in [-0.1, -0.05) is 12.1 Å². The summed E-state index contributed by atoms with van der Waals surface area (Å²) in [4.78, 5) is 23.0. The first-order valence-corrected chi connectivity index (χ1v) is 6.23. The van der Waals surface area contributed by atoms with Crippen molar-refractivity contribution in [3.63, 3.8) is 0 Å². The van der Waals surface area contributed by atoms with E-state index in [9.17, 15) is 9.59 Å². The average Bonchev–Trinajstić information content (AvgIpc) is 3.21. The van der Waals surface area contributed by atoms with Crippen LogP contribution in [-0.4, -0.2) is 30.1 Å². The summed E-state index contributed by atoms with van der Waals surface area (Å²) in [6.45, 7) is 0.488. The highest BCUT2D eigenvalue weighted by Crippen LogP contribution is 2.32. The van der Waals surface area contributed by atoms with Crippen molar-refractivity contribution in [3.8, 4) is 0 Å². The van der Waals surface area contributed by atoms with Crippen LogP contribution in [0.3, 0.4) is 0 Å². The molecule has 5 nitrogen and oxygen atoms in total. The van der Waals surface area contributed by atoms with Crippen LogP contribution in [0.5, 0.6) is 0 Å². The summed E-state index contributed by atoms with van der Waals surface area (Å²) in [6.07, 6.45) is 1.73. The van der Waals surface area contributed by atoms with Crippen LogP contribution in [0, 0.1) is 5.92 Å². The number of hydrogen-bond acceptors (Lipinski definition) is 3. The zero-order chi connectivity index (χ0) is 13.8. The van der Waals surface area contributed by atoms with Crippen molar-refractivity contribution in [3.05, 3.63) is 35.4 Å². The predicted molar refractivity (Wildman–Crippen MR) is 68.8 cm³/mol. The van der Waals surface area contributed by atoms with E-state index in [1.165, 1.54) is 0 Å². The van der Waals surface area contributed by atoms with Crippen molar-refractivity contribution in [2.45, 2.75) is 25.5 Å². The van der Waals surface area contributed by atoms with Gasteiger partial charge in [0.1, 0.15) is 6.04 Å². The first-order valence-electron chi connectivity index (χ1n) is 6.23. The van der Waals surface area contributed by atoms with Crippen molar-refractivity contribution in [2.24, 2.45) is 5.92 Å². The summed E-state index contributed by atoms with van der Waals surface area (Å²) in [5.74, 6) is -1.23. The van der Waals surface area contributed by atoms with Crippen molar-refractivity contribution < 1.29 is 19.4 Å². The number of ether oxygens (including phenoxy) is 1. The highest BCUT2D eigenvalue weighted by atomic mass is 16.5. The number of benzene rings is 1. The lowest BCUT2D eigenvalue weighted by Crippen LogP contribution is -2.42. The Balaban J connectivity index is 2.00. The second-order valence-corrected chi connectivity index (χ2v) is 4.76. The molecule has 0 saturated heterocycles. The highest BCUT2D eigenvalue weighted by Gasteiger charge is 2.37. The molecule has 1 unspecified atom stereocenters. The SMILES string of the molecule is COCc1ccc(C(=O)NC(C(=O)O)C2CC2)cc1. The summed E-state index contributed by atoms with van der Waals surface area (Å²) < 4.78 is 4.99. The topological polar surface area (TPSA) is 75.6 Å².